The maximum Gasteiger partial charge on any atom is 0.0411 e. The van der Waals surface area contributed by atoms with Crippen molar-refractivity contribution in [3.63, 3.8) is 0 Å². The van der Waals surface area contributed by atoms with Crippen LogP contribution in [0.1, 0.15) is 24.8 Å². The number of hydrogen-bond acceptors (Lipinski definition) is 3. The van der Waals surface area contributed by atoms with Crippen LogP contribution in [-0.4, -0.2) is 45.2 Å². The third-order valence-electron chi connectivity index (χ3n) is 4.01. The molecule has 0 aromatic heterocycles. The van der Waals surface area contributed by atoms with E-state index in [4.69, 9.17) is 0 Å². The van der Waals surface area contributed by atoms with E-state index in [1.54, 1.807) is 0 Å². The fourth-order valence-electron chi connectivity index (χ4n) is 2.80. The smallest absolute Gasteiger partial charge is 0.0411 e. The fraction of sp³-hybridized carbons (Fsp3) is 0.625. The van der Waals surface area contributed by atoms with E-state index in [0.717, 1.165) is 0 Å². The molecule has 1 heterocycles. The standard InChI is InChI=1S/C16H27N3/c1-13-7-8-15(12-16(13)18(2)3)17-14-6-5-10-19(4)11-9-14/h7-8,12,14,17H,5-6,9-11H2,1-4H3. The molecule has 3 heteroatoms. The predicted octanol–water partition coefficient (Wildman–Crippen LogP) is 2.96. The van der Waals surface area contributed by atoms with Crippen LogP contribution >= 0.6 is 0 Å². The predicted molar refractivity (Wildman–Crippen MR) is 84.3 cm³/mol. The highest BCUT2D eigenvalue weighted by Gasteiger charge is 2.14. The minimum atomic E-state index is 0.614. The molecule has 1 unspecified atom stereocenters. The lowest BCUT2D eigenvalue weighted by molar-refractivity contribution is 0.348. The molecule has 2 rings (SSSR count). The Bertz CT molecular complexity index is 414. The van der Waals surface area contributed by atoms with Crippen LogP contribution in [0.5, 0.6) is 0 Å². The number of nitrogens with one attached hydrogen (secondary N) is 1. The zero-order valence-corrected chi connectivity index (χ0v) is 12.7. The molecule has 1 saturated heterocycles. The van der Waals surface area contributed by atoms with E-state index in [0.29, 0.717) is 6.04 Å². The van der Waals surface area contributed by atoms with Gasteiger partial charge in [-0.2, -0.15) is 0 Å². The number of nitrogens with zero attached hydrogens (tertiary/aromatic N) is 2. The third kappa shape index (κ3) is 3.87. The molecule has 1 aliphatic rings. The topological polar surface area (TPSA) is 18.5 Å². The van der Waals surface area contributed by atoms with Crippen molar-refractivity contribution in [2.75, 3.05) is 44.4 Å². The molecule has 1 aliphatic heterocycles. The third-order valence-corrected chi connectivity index (χ3v) is 4.01. The van der Waals surface area contributed by atoms with E-state index >= 15 is 0 Å². The second-order valence-corrected chi connectivity index (χ2v) is 5.97. The van der Waals surface area contributed by atoms with E-state index in [-0.39, 0.29) is 0 Å². The first-order valence-corrected chi connectivity index (χ1v) is 7.29. The van der Waals surface area contributed by atoms with Gasteiger partial charge >= 0.3 is 0 Å². The lowest BCUT2D eigenvalue weighted by Crippen LogP contribution is -2.23. The summed E-state index contributed by atoms with van der Waals surface area (Å²) in [5, 5.41) is 3.71. The lowest BCUT2D eigenvalue weighted by Gasteiger charge is -2.21. The number of aryl methyl sites for hydroxylation is 1. The molecule has 3 nitrogen and oxygen atoms in total. The van der Waals surface area contributed by atoms with Crippen molar-refractivity contribution >= 4 is 11.4 Å². The van der Waals surface area contributed by atoms with Crippen molar-refractivity contribution in [3.8, 4) is 0 Å². The highest BCUT2D eigenvalue weighted by atomic mass is 15.1. The van der Waals surface area contributed by atoms with Crippen molar-refractivity contribution < 1.29 is 0 Å². The molecule has 106 valence electrons. The number of likely N-dealkylation sites (tertiary alicyclic amines) is 1. The summed E-state index contributed by atoms with van der Waals surface area (Å²) in [6, 6.07) is 7.30. The van der Waals surface area contributed by atoms with E-state index in [1.807, 2.05) is 0 Å². The SMILES string of the molecule is Cc1ccc(NC2CCCN(C)CC2)cc1N(C)C. The highest BCUT2D eigenvalue weighted by molar-refractivity contribution is 5.62. The minimum Gasteiger partial charge on any atom is -0.382 e. The molecular formula is C16H27N3. The monoisotopic (exact) mass is 261 g/mol. The lowest BCUT2D eigenvalue weighted by atomic mass is 10.1. The first-order valence-electron chi connectivity index (χ1n) is 7.29. The second kappa shape index (κ2) is 6.29. The molecule has 19 heavy (non-hydrogen) atoms. The van der Waals surface area contributed by atoms with E-state index < -0.39 is 0 Å². The van der Waals surface area contributed by atoms with Gasteiger partial charge in [0.25, 0.3) is 0 Å². The van der Waals surface area contributed by atoms with E-state index in [2.05, 4.69) is 61.4 Å². The van der Waals surface area contributed by atoms with E-state index in [1.165, 1.54) is 49.3 Å². The van der Waals surface area contributed by atoms with Crippen LogP contribution < -0.4 is 10.2 Å². The van der Waals surface area contributed by atoms with Crippen molar-refractivity contribution in [3.05, 3.63) is 23.8 Å². The van der Waals surface area contributed by atoms with Gasteiger partial charge in [-0.25, -0.2) is 0 Å². The molecule has 1 fully saturated rings. The number of benzene rings is 1. The molecule has 0 amide bonds. The van der Waals surface area contributed by atoms with Gasteiger partial charge in [-0.1, -0.05) is 6.07 Å². The van der Waals surface area contributed by atoms with Gasteiger partial charge in [0.05, 0.1) is 0 Å². The molecule has 0 bridgehead atoms. The summed E-state index contributed by atoms with van der Waals surface area (Å²) in [5.41, 5.74) is 3.88. The number of anilines is 2. The average molecular weight is 261 g/mol. The minimum absolute atomic E-state index is 0.614. The summed E-state index contributed by atoms with van der Waals surface area (Å²) >= 11 is 0. The number of hydrogen-bond donors (Lipinski definition) is 1. The average Bonchev–Trinajstić information content (AvgIpc) is 2.56. The molecule has 0 aliphatic carbocycles. The maximum absolute atomic E-state index is 3.71. The van der Waals surface area contributed by atoms with Gasteiger partial charge in [0, 0.05) is 31.5 Å². The second-order valence-electron chi connectivity index (χ2n) is 5.97. The van der Waals surface area contributed by atoms with Crippen molar-refractivity contribution in [2.45, 2.75) is 32.2 Å². The highest BCUT2D eigenvalue weighted by Crippen LogP contribution is 2.24. The van der Waals surface area contributed by atoms with Gasteiger partial charge in [0.1, 0.15) is 0 Å². The summed E-state index contributed by atoms with van der Waals surface area (Å²) in [5.74, 6) is 0. The Morgan fingerprint density at radius 3 is 2.74 bits per heavy atom. The van der Waals surface area contributed by atoms with Gasteiger partial charge in [0.15, 0.2) is 0 Å². The largest absolute Gasteiger partial charge is 0.382 e. The summed E-state index contributed by atoms with van der Waals surface area (Å²) < 4.78 is 0. The molecule has 0 radical (unpaired) electrons. The summed E-state index contributed by atoms with van der Waals surface area (Å²) in [7, 11) is 6.43. The van der Waals surface area contributed by atoms with Gasteiger partial charge in [0.2, 0.25) is 0 Å². The number of rotatable bonds is 3. The Morgan fingerprint density at radius 2 is 2.00 bits per heavy atom. The van der Waals surface area contributed by atoms with Crippen LogP contribution in [-0.2, 0) is 0 Å². The van der Waals surface area contributed by atoms with Crippen molar-refractivity contribution in [1.82, 2.24) is 4.90 Å². The molecule has 1 N–H and O–H groups in total. The molecule has 1 aromatic carbocycles. The van der Waals surface area contributed by atoms with Crippen molar-refractivity contribution in [1.29, 1.82) is 0 Å². The van der Waals surface area contributed by atoms with Crippen LogP contribution in [0.25, 0.3) is 0 Å². The zero-order valence-electron chi connectivity index (χ0n) is 12.7. The summed E-state index contributed by atoms with van der Waals surface area (Å²) in [6.45, 7) is 4.60. The van der Waals surface area contributed by atoms with Crippen molar-refractivity contribution in [2.24, 2.45) is 0 Å². The molecule has 1 aromatic rings. The van der Waals surface area contributed by atoms with Gasteiger partial charge in [-0.15, -0.1) is 0 Å². The van der Waals surface area contributed by atoms with E-state index in [9.17, 15) is 0 Å². The van der Waals surface area contributed by atoms with Crippen LogP contribution in [0, 0.1) is 6.92 Å². The molecule has 0 saturated carbocycles. The molecular weight excluding hydrogens is 234 g/mol. The summed E-state index contributed by atoms with van der Waals surface area (Å²) in [6.07, 6.45) is 3.80. The Hall–Kier alpha value is -1.22. The molecule has 0 spiro atoms. The molecule has 1 atom stereocenters. The quantitative estimate of drug-likeness (QED) is 0.902. The maximum atomic E-state index is 3.71. The fourth-order valence-corrected chi connectivity index (χ4v) is 2.80. The van der Waals surface area contributed by atoms with Crippen LogP contribution in [0.4, 0.5) is 11.4 Å². The Kier molecular flexibility index (Phi) is 4.70. The van der Waals surface area contributed by atoms with Gasteiger partial charge in [-0.05, 0) is 64.0 Å². The zero-order chi connectivity index (χ0) is 13.8. The van der Waals surface area contributed by atoms with Crippen LogP contribution in [0.2, 0.25) is 0 Å². The van der Waals surface area contributed by atoms with Crippen LogP contribution in [0.15, 0.2) is 18.2 Å². The first-order chi connectivity index (χ1) is 9.06. The normalized spacial score (nSPS) is 20.9. The first kappa shape index (κ1) is 14.2. The Balaban J connectivity index is 2.04. The Labute approximate surface area is 117 Å². The van der Waals surface area contributed by atoms with Gasteiger partial charge < -0.3 is 15.1 Å². The summed E-state index contributed by atoms with van der Waals surface area (Å²) in [4.78, 5) is 4.61. The van der Waals surface area contributed by atoms with Gasteiger partial charge in [-0.3, -0.25) is 0 Å². The Morgan fingerprint density at radius 1 is 1.21 bits per heavy atom. The van der Waals surface area contributed by atoms with Crippen LogP contribution in [0.3, 0.4) is 0 Å².